The number of likely N-dealkylation sites (tertiary alicyclic amines) is 1. The molecule has 0 spiro atoms. The number of hydrogen-bond acceptors (Lipinski definition) is 2. The van der Waals surface area contributed by atoms with Crippen molar-refractivity contribution < 1.29 is 9.59 Å². The van der Waals surface area contributed by atoms with Gasteiger partial charge >= 0.3 is 0 Å². The van der Waals surface area contributed by atoms with Crippen LogP contribution < -0.4 is 0 Å². The number of Topliss-reactive ketones (excluding diaryl/α,β-unsaturated/α-hetero) is 1. The van der Waals surface area contributed by atoms with Gasteiger partial charge in [0, 0.05) is 25.4 Å². The van der Waals surface area contributed by atoms with Crippen LogP contribution in [0.4, 0.5) is 0 Å². The van der Waals surface area contributed by atoms with Crippen LogP contribution in [0.15, 0.2) is 0 Å². The highest BCUT2D eigenvalue weighted by Gasteiger charge is 2.26. The predicted octanol–water partition coefficient (Wildman–Crippen LogP) is 3.32. The van der Waals surface area contributed by atoms with Gasteiger partial charge in [0.1, 0.15) is 5.78 Å². The van der Waals surface area contributed by atoms with Crippen LogP contribution in [0.5, 0.6) is 0 Å². The fraction of sp³-hybridized carbons (Fsp3) is 0.867. The standard InChI is InChI=1S/C15H27NO2/c1-3-4-5-6-10-15(18)16-11-8-7-9-14(16)12-13(2)17/h14H,3-12H2,1-2H3. The lowest BCUT2D eigenvalue weighted by Crippen LogP contribution is -2.44. The first kappa shape index (κ1) is 15.2. The highest BCUT2D eigenvalue weighted by Crippen LogP contribution is 2.21. The van der Waals surface area contributed by atoms with Gasteiger partial charge in [0.2, 0.25) is 5.91 Å². The Hall–Kier alpha value is -0.860. The van der Waals surface area contributed by atoms with Crippen molar-refractivity contribution in [1.82, 2.24) is 4.90 Å². The van der Waals surface area contributed by atoms with Gasteiger partial charge in [-0.25, -0.2) is 0 Å². The third kappa shape index (κ3) is 5.19. The van der Waals surface area contributed by atoms with E-state index in [-0.39, 0.29) is 17.7 Å². The van der Waals surface area contributed by atoms with E-state index in [1.54, 1.807) is 6.92 Å². The minimum Gasteiger partial charge on any atom is -0.339 e. The molecule has 3 heteroatoms. The summed E-state index contributed by atoms with van der Waals surface area (Å²) in [6.07, 6.45) is 9.00. The zero-order valence-corrected chi connectivity index (χ0v) is 11.9. The van der Waals surface area contributed by atoms with E-state index < -0.39 is 0 Å². The Balaban J connectivity index is 2.39. The van der Waals surface area contributed by atoms with Crippen molar-refractivity contribution in [3.8, 4) is 0 Å². The third-order valence-corrected chi connectivity index (χ3v) is 3.71. The molecule has 0 N–H and O–H groups in total. The van der Waals surface area contributed by atoms with Crippen LogP contribution in [0.2, 0.25) is 0 Å². The molecule has 0 radical (unpaired) electrons. The maximum Gasteiger partial charge on any atom is 0.222 e. The van der Waals surface area contributed by atoms with Crippen LogP contribution in [-0.4, -0.2) is 29.2 Å². The van der Waals surface area contributed by atoms with E-state index in [9.17, 15) is 9.59 Å². The van der Waals surface area contributed by atoms with Gasteiger partial charge < -0.3 is 4.90 Å². The first-order valence-electron chi connectivity index (χ1n) is 7.44. The number of ketones is 1. The molecule has 1 aliphatic heterocycles. The summed E-state index contributed by atoms with van der Waals surface area (Å²) < 4.78 is 0. The summed E-state index contributed by atoms with van der Waals surface area (Å²) in [7, 11) is 0. The third-order valence-electron chi connectivity index (χ3n) is 3.71. The smallest absolute Gasteiger partial charge is 0.222 e. The summed E-state index contributed by atoms with van der Waals surface area (Å²) in [4.78, 5) is 25.4. The molecule has 0 bridgehead atoms. The van der Waals surface area contributed by atoms with E-state index in [1.807, 2.05) is 4.90 Å². The number of carbonyl (C=O) groups excluding carboxylic acids is 2. The molecule has 18 heavy (non-hydrogen) atoms. The summed E-state index contributed by atoms with van der Waals surface area (Å²) in [5, 5.41) is 0. The highest BCUT2D eigenvalue weighted by molar-refractivity contribution is 5.79. The van der Waals surface area contributed by atoms with E-state index in [1.165, 1.54) is 12.8 Å². The summed E-state index contributed by atoms with van der Waals surface area (Å²) in [6.45, 7) is 4.65. The van der Waals surface area contributed by atoms with E-state index in [4.69, 9.17) is 0 Å². The molecule has 1 amide bonds. The Kier molecular flexibility index (Phi) is 6.99. The maximum atomic E-state index is 12.2. The van der Waals surface area contributed by atoms with E-state index in [0.29, 0.717) is 12.8 Å². The molecule has 3 nitrogen and oxygen atoms in total. The van der Waals surface area contributed by atoms with Gasteiger partial charge in [0.05, 0.1) is 0 Å². The normalized spacial score (nSPS) is 19.9. The van der Waals surface area contributed by atoms with Crippen molar-refractivity contribution in [3.63, 3.8) is 0 Å². The number of rotatable bonds is 7. The molecule has 1 unspecified atom stereocenters. The fourth-order valence-electron chi connectivity index (χ4n) is 2.72. The number of carbonyl (C=O) groups is 2. The number of hydrogen-bond donors (Lipinski definition) is 0. The molecule has 1 heterocycles. The predicted molar refractivity (Wildman–Crippen MR) is 73.4 cm³/mol. The van der Waals surface area contributed by atoms with Crippen molar-refractivity contribution in [2.45, 2.75) is 77.7 Å². The lowest BCUT2D eigenvalue weighted by Gasteiger charge is -2.35. The van der Waals surface area contributed by atoms with Gasteiger partial charge in [0.25, 0.3) is 0 Å². The molecular formula is C15H27NO2. The van der Waals surface area contributed by atoms with Crippen molar-refractivity contribution in [2.24, 2.45) is 0 Å². The highest BCUT2D eigenvalue weighted by atomic mass is 16.2. The van der Waals surface area contributed by atoms with E-state index in [0.717, 1.165) is 38.6 Å². The average Bonchev–Trinajstić information content (AvgIpc) is 2.34. The summed E-state index contributed by atoms with van der Waals surface area (Å²) >= 11 is 0. The number of unbranched alkanes of at least 4 members (excludes halogenated alkanes) is 3. The van der Waals surface area contributed by atoms with Crippen molar-refractivity contribution >= 4 is 11.7 Å². The Morgan fingerprint density at radius 3 is 2.61 bits per heavy atom. The van der Waals surface area contributed by atoms with Crippen LogP contribution >= 0.6 is 0 Å². The van der Waals surface area contributed by atoms with E-state index in [2.05, 4.69) is 6.92 Å². The molecule has 0 aromatic rings. The topological polar surface area (TPSA) is 37.4 Å². The molecular weight excluding hydrogens is 226 g/mol. The quantitative estimate of drug-likeness (QED) is 0.653. The lowest BCUT2D eigenvalue weighted by atomic mass is 9.97. The fourth-order valence-corrected chi connectivity index (χ4v) is 2.72. The molecule has 1 atom stereocenters. The van der Waals surface area contributed by atoms with Crippen molar-refractivity contribution in [1.29, 1.82) is 0 Å². The molecule has 1 saturated heterocycles. The molecule has 0 aromatic heterocycles. The lowest BCUT2D eigenvalue weighted by molar-refractivity contribution is -0.135. The van der Waals surface area contributed by atoms with Crippen LogP contribution in [0.25, 0.3) is 0 Å². The number of nitrogens with zero attached hydrogens (tertiary/aromatic N) is 1. The van der Waals surface area contributed by atoms with Gasteiger partial charge in [-0.15, -0.1) is 0 Å². The Morgan fingerprint density at radius 2 is 1.94 bits per heavy atom. The van der Waals surface area contributed by atoms with Crippen LogP contribution in [0.1, 0.15) is 71.6 Å². The van der Waals surface area contributed by atoms with Crippen LogP contribution in [-0.2, 0) is 9.59 Å². The first-order chi connectivity index (χ1) is 8.65. The van der Waals surface area contributed by atoms with Crippen LogP contribution in [0, 0.1) is 0 Å². The summed E-state index contributed by atoms with van der Waals surface area (Å²) in [5.41, 5.74) is 0. The Labute approximate surface area is 111 Å². The average molecular weight is 253 g/mol. The van der Waals surface area contributed by atoms with Gasteiger partial charge in [-0.2, -0.15) is 0 Å². The molecule has 1 aliphatic rings. The second-order valence-electron chi connectivity index (χ2n) is 5.45. The number of piperidine rings is 1. The van der Waals surface area contributed by atoms with Crippen molar-refractivity contribution in [2.75, 3.05) is 6.54 Å². The Morgan fingerprint density at radius 1 is 1.17 bits per heavy atom. The molecule has 1 fully saturated rings. The zero-order valence-electron chi connectivity index (χ0n) is 11.9. The largest absolute Gasteiger partial charge is 0.339 e. The molecule has 0 saturated carbocycles. The summed E-state index contributed by atoms with van der Waals surface area (Å²) in [5.74, 6) is 0.461. The van der Waals surface area contributed by atoms with Crippen molar-refractivity contribution in [3.05, 3.63) is 0 Å². The van der Waals surface area contributed by atoms with Gasteiger partial charge in [-0.3, -0.25) is 9.59 Å². The zero-order chi connectivity index (χ0) is 13.4. The Bertz CT molecular complexity index is 276. The molecule has 0 aliphatic carbocycles. The maximum absolute atomic E-state index is 12.2. The molecule has 1 rings (SSSR count). The monoisotopic (exact) mass is 253 g/mol. The number of amides is 1. The van der Waals surface area contributed by atoms with Crippen LogP contribution in [0.3, 0.4) is 0 Å². The minimum absolute atomic E-state index is 0.176. The SMILES string of the molecule is CCCCCCC(=O)N1CCCCC1CC(C)=O. The second-order valence-corrected chi connectivity index (χ2v) is 5.45. The molecule has 0 aromatic carbocycles. The second kappa shape index (κ2) is 8.28. The first-order valence-corrected chi connectivity index (χ1v) is 7.44. The van der Waals surface area contributed by atoms with Gasteiger partial charge in [0.15, 0.2) is 0 Å². The van der Waals surface area contributed by atoms with E-state index >= 15 is 0 Å². The van der Waals surface area contributed by atoms with Gasteiger partial charge in [-0.1, -0.05) is 26.2 Å². The summed E-state index contributed by atoms with van der Waals surface area (Å²) in [6, 6.07) is 0.176. The minimum atomic E-state index is 0.176. The van der Waals surface area contributed by atoms with Gasteiger partial charge in [-0.05, 0) is 32.6 Å². The molecule has 104 valence electrons.